The predicted octanol–water partition coefficient (Wildman–Crippen LogP) is 3.98. The molecular weight excluding hydrogens is 445 g/mol. The minimum absolute atomic E-state index is 0.0508. The van der Waals surface area contributed by atoms with Gasteiger partial charge in [0.25, 0.3) is 0 Å². The van der Waals surface area contributed by atoms with E-state index in [0.29, 0.717) is 47.3 Å². The Morgan fingerprint density at radius 3 is 2.67 bits per heavy atom. The molecule has 156 valence electrons. The highest BCUT2D eigenvalue weighted by Crippen LogP contribution is 2.33. The number of hydrogen-bond acceptors (Lipinski definition) is 6. The van der Waals surface area contributed by atoms with Crippen molar-refractivity contribution in [3.63, 3.8) is 0 Å². The third kappa shape index (κ3) is 4.46. The summed E-state index contributed by atoms with van der Waals surface area (Å²) in [6, 6.07) is 9.06. The Morgan fingerprint density at radius 1 is 1.17 bits per heavy atom. The van der Waals surface area contributed by atoms with E-state index in [0.717, 1.165) is 11.3 Å². The molecule has 1 aliphatic heterocycles. The van der Waals surface area contributed by atoms with Gasteiger partial charge in [-0.25, -0.2) is 0 Å². The first-order chi connectivity index (χ1) is 14.5. The molecule has 4 rings (SSSR count). The van der Waals surface area contributed by atoms with Crippen LogP contribution in [0.25, 0.3) is 17.1 Å². The number of amides is 1. The molecule has 2 aromatic heterocycles. The topological polar surface area (TPSA) is 73.1 Å². The molecule has 1 aromatic carbocycles. The molecule has 1 amide bonds. The van der Waals surface area contributed by atoms with Gasteiger partial charge in [0.1, 0.15) is 0 Å². The minimum atomic E-state index is -0.337. The average Bonchev–Trinajstić information content (AvgIpc) is 3.19. The zero-order chi connectivity index (χ0) is 21.1. The summed E-state index contributed by atoms with van der Waals surface area (Å²) in [5, 5.41) is 9.87. The largest absolute Gasteiger partial charge is 0.378 e. The lowest BCUT2D eigenvalue weighted by atomic mass is 10.2. The van der Waals surface area contributed by atoms with Crippen LogP contribution >= 0.6 is 35.0 Å². The molecule has 3 heterocycles. The van der Waals surface area contributed by atoms with Gasteiger partial charge in [-0.05, 0) is 37.3 Å². The summed E-state index contributed by atoms with van der Waals surface area (Å²) in [4.78, 5) is 18.9. The average molecular weight is 464 g/mol. The summed E-state index contributed by atoms with van der Waals surface area (Å²) in [5.74, 6) is 0.657. The van der Waals surface area contributed by atoms with Gasteiger partial charge in [0.05, 0.1) is 34.2 Å². The van der Waals surface area contributed by atoms with Gasteiger partial charge in [-0.2, -0.15) is 0 Å². The van der Waals surface area contributed by atoms with Crippen molar-refractivity contribution in [2.24, 2.45) is 0 Å². The number of pyridine rings is 1. The molecule has 7 nitrogen and oxygen atoms in total. The first kappa shape index (κ1) is 21.1. The molecule has 1 atom stereocenters. The number of nitrogens with zero attached hydrogens (tertiary/aromatic N) is 5. The van der Waals surface area contributed by atoms with Crippen LogP contribution in [0.5, 0.6) is 0 Å². The summed E-state index contributed by atoms with van der Waals surface area (Å²) in [6.07, 6.45) is 3.41. The Kier molecular flexibility index (Phi) is 6.58. The number of thioether (sulfide) groups is 1. The molecule has 0 aliphatic carbocycles. The quantitative estimate of drug-likeness (QED) is 0.532. The van der Waals surface area contributed by atoms with E-state index in [2.05, 4.69) is 15.2 Å². The smallest absolute Gasteiger partial charge is 0.236 e. The molecule has 0 spiro atoms. The lowest BCUT2D eigenvalue weighted by Gasteiger charge is -2.28. The van der Waals surface area contributed by atoms with E-state index in [-0.39, 0.29) is 11.2 Å². The maximum absolute atomic E-state index is 12.9. The fourth-order valence-electron chi connectivity index (χ4n) is 3.13. The zero-order valence-electron chi connectivity index (χ0n) is 16.2. The van der Waals surface area contributed by atoms with E-state index < -0.39 is 0 Å². The van der Waals surface area contributed by atoms with Crippen LogP contribution < -0.4 is 0 Å². The molecule has 0 bridgehead atoms. The molecule has 0 N–H and O–H groups in total. The Bertz CT molecular complexity index is 1040. The number of benzene rings is 1. The van der Waals surface area contributed by atoms with Gasteiger partial charge in [0.15, 0.2) is 11.0 Å². The summed E-state index contributed by atoms with van der Waals surface area (Å²) in [5.41, 5.74) is 1.55. The standard InChI is InChI=1S/C20H19Cl2N5O2S/c1-13(19(28)26-7-9-29-10-8-26)30-20-25-24-18(14-3-2-6-23-12-14)27(20)15-4-5-16(21)17(22)11-15/h2-6,11-13H,7-10H2,1H3. The lowest BCUT2D eigenvalue weighted by molar-refractivity contribution is -0.134. The van der Waals surface area contributed by atoms with Crippen LogP contribution in [0, 0.1) is 0 Å². The van der Waals surface area contributed by atoms with E-state index >= 15 is 0 Å². The second-order valence-electron chi connectivity index (χ2n) is 6.68. The number of rotatable bonds is 5. The highest BCUT2D eigenvalue weighted by molar-refractivity contribution is 8.00. The first-order valence-electron chi connectivity index (χ1n) is 9.39. The highest BCUT2D eigenvalue weighted by Gasteiger charge is 2.26. The molecule has 1 unspecified atom stereocenters. The first-order valence-corrected chi connectivity index (χ1v) is 11.0. The molecular formula is C20H19Cl2N5O2S. The van der Waals surface area contributed by atoms with Gasteiger partial charge in [-0.15, -0.1) is 10.2 Å². The van der Waals surface area contributed by atoms with E-state index in [9.17, 15) is 4.79 Å². The monoisotopic (exact) mass is 463 g/mol. The van der Waals surface area contributed by atoms with Crippen LogP contribution in [0.15, 0.2) is 47.9 Å². The van der Waals surface area contributed by atoms with Gasteiger partial charge < -0.3 is 9.64 Å². The number of halogens is 2. The number of morpholine rings is 1. The summed E-state index contributed by atoms with van der Waals surface area (Å²) >= 11 is 13.7. The Hall–Kier alpha value is -2.13. The zero-order valence-corrected chi connectivity index (χ0v) is 18.5. The fraction of sp³-hybridized carbons (Fsp3) is 0.300. The van der Waals surface area contributed by atoms with E-state index in [1.54, 1.807) is 24.5 Å². The molecule has 30 heavy (non-hydrogen) atoms. The number of carbonyl (C=O) groups is 1. The van der Waals surface area contributed by atoms with Crippen molar-refractivity contribution < 1.29 is 9.53 Å². The minimum Gasteiger partial charge on any atom is -0.378 e. The summed E-state index contributed by atoms with van der Waals surface area (Å²) in [7, 11) is 0. The lowest BCUT2D eigenvalue weighted by Crippen LogP contribution is -2.44. The Morgan fingerprint density at radius 2 is 1.97 bits per heavy atom. The van der Waals surface area contributed by atoms with Crippen molar-refractivity contribution in [1.29, 1.82) is 0 Å². The van der Waals surface area contributed by atoms with Gasteiger partial charge in [-0.3, -0.25) is 14.3 Å². The van der Waals surface area contributed by atoms with Gasteiger partial charge >= 0.3 is 0 Å². The van der Waals surface area contributed by atoms with Crippen molar-refractivity contribution in [3.8, 4) is 17.1 Å². The van der Waals surface area contributed by atoms with Gasteiger partial charge in [0, 0.05) is 31.0 Å². The van der Waals surface area contributed by atoms with Crippen molar-refractivity contribution >= 4 is 40.9 Å². The van der Waals surface area contributed by atoms with Gasteiger partial charge in [0.2, 0.25) is 5.91 Å². The van der Waals surface area contributed by atoms with Crippen LogP contribution in [-0.2, 0) is 9.53 Å². The molecule has 10 heteroatoms. The van der Waals surface area contributed by atoms with Crippen molar-refractivity contribution in [2.75, 3.05) is 26.3 Å². The third-order valence-corrected chi connectivity index (χ3v) is 6.44. The van der Waals surface area contributed by atoms with E-state index in [4.69, 9.17) is 27.9 Å². The predicted molar refractivity (Wildman–Crippen MR) is 117 cm³/mol. The molecule has 1 aliphatic rings. The molecule has 1 saturated heterocycles. The molecule has 3 aromatic rings. The normalized spacial score (nSPS) is 15.2. The summed E-state index contributed by atoms with van der Waals surface area (Å²) < 4.78 is 7.21. The van der Waals surface area contributed by atoms with E-state index in [1.165, 1.54) is 11.8 Å². The number of carbonyl (C=O) groups excluding carboxylic acids is 1. The van der Waals surface area contributed by atoms with E-state index in [1.807, 2.05) is 34.6 Å². The fourth-order valence-corrected chi connectivity index (χ4v) is 4.38. The van der Waals surface area contributed by atoms with Crippen LogP contribution in [0.4, 0.5) is 0 Å². The van der Waals surface area contributed by atoms with Crippen LogP contribution in [0.1, 0.15) is 6.92 Å². The second-order valence-corrected chi connectivity index (χ2v) is 8.80. The van der Waals surface area contributed by atoms with Gasteiger partial charge in [-0.1, -0.05) is 35.0 Å². The maximum atomic E-state index is 12.9. The number of hydrogen-bond donors (Lipinski definition) is 0. The second kappa shape index (κ2) is 9.34. The number of aromatic nitrogens is 4. The molecule has 0 radical (unpaired) electrons. The highest BCUT2D eigenvalue weighted by atomic mass is 35.5. The van der Waals surface area contributed by atoms with Crippen LogP contribution in [0.3, 0.4) is 0 Å². The third-order valence-electron chi connectivity index (χ3n) is 4.67. The Balaban J connectivity index is 1.70. The number of ether oxygens (including phenoxy) is 1. The van der Waals surface area contributed by atoms with Crippen molar-refractivity contribution in [2.45, 2.75) is 17.3 Å². The Labute approximate surface area is 188 Å². The maximum Gasteiger partial charge on any atom is 0.236 e. The van der Waals surface area contributed by atoms with Crippen LogP contribution in [0.2, 0.25) is 10.0 Å². The summed E-state index contributed by atoms with van der Waals surface area (Å²) in [6.45, 7) is 4.20. The van der Waals surface area contributed by atoms with Crippen molar-refractivity contribution in [3.05, 3.63) is 52.8 Å². The van der Waals surface area contributed by atoms with Crippen molar-refractivity contribution in [1.82, 2.24) is 24.6 Å². The molecule has 1 fully saturated rings. The SMILES string of the molecule is CC(Sc1nnc(-c2cccnc2)n1-c1ccc(Cl)c(Cl)c1)C(=O)N1CCOCC1. The van der Waals surface area contributed by atoms with Crippen LogP contribution in [-0.4, -0.2) is 62.1 Å². The molecule has 0 saturated carbocycles.